The molecule has 1 aromatic carbocycles. The maximum Gasteiger partial charge on any atom is 0.242 e. The molecule has 1 heterocycles. The van der Waals surface area contributed by atoms with Gasteiger partial charge in [-0.3, -0.25) is 9.59 Å². The largest absolute Gasteiger partial charge is 0.354 e. The van der Waals surface area contributed by atoms with Crippen LogP contribution in [0.5, 0.6) is 0 Å². The molecule has 0 saturated carbocycles. The monoisotopic (exact) mass is 393 g/mol. The number of carbonyl (C=O) groups is 2. The van der Waals surface area contributed by atoms with Gasteiger partial charge in [0.1, 0.15) is 11.9 Å². The smallest absolute Gasteiger partial charge is 0.242 e. The second kappa shape index (κ2) is 9.23. The third kappa shape index (κ3) is 5.35. The number of halogens is 4. The number of hydrogen-bond donors (Lipinski definition) is 2. The van der Waals surface area contributed by atoms with Crippen molar-refractivity contribution in [3.8, 4) is 0 Å². The quantitative estimate of drug-likeness (QED) is 0.765. The van der Waals surface area contributed by atoms with Gasteiger partial charge in [0.15, 0.2) is 11.6 Å². The Balaban J connectivity index is 0.00000338. The molecular weight excluding hydrogens is 371 g/mol. The average molecular weight is 394 g/mol. The Morgan fingerprint density at radius 3 is 2.54 bits per heavy atom. The van der Waals surface area contributed by atoms with E-state index >= 15 is 0 Å². The van der Waals surface area contributed by atoms with E-state index in [2.05, 4.69) is 5.32 Å². The third-order valence-electron chi connectivity index (χ3n) is 4.31. The fourth-order valence-electron chi connectivity index (χ4n) is 2.86. The Morgan fingerprint density at radius 2 is 1.88 bits per heavy atom. The zero-order valence-electron chi connectivity index (χ0n) is 14.6. The molecule has 0 radical (unpaired) electrons. The number of benzene rings is 1. The highest BCUT2D eigenvalue weighted by atomic mass is 35.5. The minimum atomic E-state index is -1.27. The van der Waals surface area contributed by atoms with Gasteiger partial charge in [0, 0.05) is 31.6 Å². The van der Waals surface area contributed by atoms with Gasteiger partial charge in [0.05, 0.1) is 0 Å². The number of carbonyl (C=O) groups excluding carboxylic acids is 2. The molecular formula is C17H23ClF3N3O2. The molecule has 2 rings (SSSR count). The molecule has 0 spiro atoms. The second-order valence-electron chi connectivity index (χ2n) is 6.60. The Labute approximate surface area is 156 Å². The summed E-state index contributed by atoms with van der Waals surface area (Å²) in [5.41, 5.74) is 5.80. The van der Waals surface area contributed by atoms with Gasteiger partial charge in [0.25, 0.3) is 0 Å². The van der Waals surface area contributed by atoms with Crippen LogP contribution in [0.2, 0.25) is 0 Å². The molecule has 3 atom stereocenters. The van der Waals surface area contributed by atoms with Crippen molar-refractivity contribution >= 4 is 24.2 Å². The van der Waals surface area contributed by atoms with Crippen molar-refractivity contribution in [2.45, 2.75) is 38.8 Å². The molecule has 1 aliphatic heterocycles. The molecule has 1 saturated heterocycles. The molecule has 0 aromatic heterocycles. The maximum absolute atomic E-state index is 13.7. The maximum atomic E-state index is 13.7. The number of rotatable bonds is 4. The van der Waals surface area contributed by atoms with Gasteiger partial charge < -0.3 is 16.0 Å². The lowest BCUT2D eigenvalue weighted by Crippen LogP contribution is -2.47. The molecule has 0 bridgehead atoms. The van der Waals surface area contributed by atoms with Crippen LogP contribution in [0.3, 0.4) is 0 Å². The zero-order chi connectivity index (χ0) is 18.7. The zero-order valence-corrected chi connectivity index (χ0v) is 15.4. The summed E-state index contributed by atoms with van der Waals surface area (Å²) in [5.74, 6) is -3.81. The van der Waals surface area contributed by atoms with E-state index in [1.807, 2.05) is 6.92 Å². The standard InChI is InChI=1S/C17H22F3N3O2.ClH/c1-9-7-22-17(25)10(2)23(8-9)16(24)5-12(21)3-11-4-14(19)15(20)6-13(11)18;/h4,6,9-10,12H,3,5,7-8,21H2,1-2H3,(H,22,25);1H/t9-,10+,12+;/m0./s1. The van der Waals surface area contributed by atoms with Crippen molar-refractivity contribution < 1.29 is 22.8 Å². The van der Waals surface area contributed by atoms with Gasteiger partial charge in [-0.05, 0) is 30.9 Å². The first-order valence-corrected chi connectivity index (χ1v) is 8.15. The van der Waals surface area contributed by atoms with Crippen LogP contribution in [-0.2, 0) is 16.0 Å². The van der Waals surface area contributed by atoms with Gasteiger partial charge in [-0.1, -0.05) is 6.92 Å². The predicted octanol–water partition coefficient (Wildman–Crippen LogP) is 1.77. The van der Waals surface area contributed by atoms with Crippen molar-refractivity contribution in [3.63, 3.8) is 0 Å². The molecule has 26 heavy (non-hydrogen) atoms. The highest BCUT2D eigenvalue weighted by molar-refractivity contribution is 5.88. The summed E-state index contributed by atoms with van der Waals surface area (Å²) in [6.07, 6.45) is -0.235. The number of nitrogens with two attached hydrogens (primary N) is 1. The van der Waals surface area contributed by atoms with E-state index in [1.54, 1.807) is 6.92 Å². The summed E-state index contributed by atoms with van der Waals surface area (Å²) in [6, 6.07) is -0.188. The number of nitrogens with zero attached hydrogens (tertiary/aromatic N) is 1. The molecule has 0 unspecified atom stereocenters. The summed E-state index contributed by atoms with van der Waals surface area (Å²) in [6.45, 7) is 4.44. The fraction of sp³-hybridized carbons (Fsp3) is 0.529. The molecule has 146 valence electrons. The lowest BCUT2D eigenvalue weighted by atomic mass is 10.0. The van der Waals surface area contributed by atoms with Crippen LogP contribution in [0, 0.1) is 23.4 Å². The van der Waals surface area contributed by atoms with E-state index in [4.69, 9.17) is 5.73 Å². The minimum absolute atomic E-state index is 0. The number of hydrogen-bond acceptors (Lipinski definition) is 3. The molecule has 1 fully saturated rings. The first-order valence-electron chi connectivity index (χ1n) is 8.15. The molecule has 9 heteroatoms. The van der Waals surface area contributed by atoms with E-state index in [1.165, 1.54) is 4.90 Å². The summed E-state index contributed by atoms with van der Waals surface area (Å²) < 4.78 is 39.9. The van der Waals surface area contributed by atoms with Crippen molar-refractivity contribution in [2.24, 2.45) is 11.7 Å². The first kappa shape index (κ1) is 22.2. The van der Waals surface area contributed by atoms with Crippen molar-refractivity contribution in [2.75, 3.05) is 13.1 Å². The number of amides is 2. The fourth-order valence-corrected chi connectivity index (χ4v) is 2.86. The average Bonchev–Trinajstić information content (AvgIpc) is 2.66. The van der Waals surface area contributed by atoms with Crippen LogP contribution in [0.25, 0.3) is 0 Å². The topological polar surface area (TPSA) is 75.4 Å². The Kier molecular flexibility index (Phi) is 7.89. The van der Waals surface area contributed by atoms with Gasteiger partial charge in [-0.2, -0.15) is 0 Å². The Bertz CT molecular complexity index is 675. The van der Waals surface area contributed by atoms with Crippen LogP contribution in [0.15, 0.2) is 12.1 Å². The summed E-state index contributed by atoms with van der Waals surface area (Å²) in [4.78, 5) is 25.9. The normalized spacial score (nSPS) is 21.5. The van der Waals surface area contributed by atoms with Gasteiger partial charge in [-0.25, -0.2) is 13.2 Å². The Hall–Kier alpha value is -1.80. The molecule has 0 aliphatic carbocycles. The molecule has 5 nitrogen and oxygen atoms in total. The van der Waals surface area contributed by atoms with Crippen molar-refractivity contribution in [1.29, 1.82) is 0 Å². The van der Waals surface area contributed by atoms with E-state index in [-0.39, 0.29) is 48.5 Å². The molecule has 1 aliphatic rings. The van der Waals surface area contributed by atoms with Crippen LogP contribution >= 0.6 is 12.4 Å². The highest BCUT2D eigenvalue weighted by Crippen LogP contribution is 2.17. The SMILES string of the molecule is C[C@H]1CNC(=O)[C@@H](C)N(C(=O)C[C@H](N)Cc2cc(F)c(F)cc2F)C1.Cl. The first-order chi connectivity index (χ1) is 11.7. The third-order valence-corrected chi connectivity index (χ3v) is 4.31. The van der Waals surface area contributed by atoms with E-state index in [9.17, 15) is 22.8 Å². The Morgan fingerprint density at radius 1 is 1.27 bits per heavy atom. The van der Waals surface area contributed by atoms with E-state index < -0.39 is 29.5 Å². The van der Waals surface area contributed by atoms with Crippen LogP contribution in [0.1, 0.15) is 25.8 Å². The summed E-state index contributed by atoms with van der Waals surface area (Å²) >= 11 is 0. The molecule has 2 amide bonds. The lowest BCUT2D eigenvalue weighted by molar-refractivity contribution is -0.139. The second-order valence-corrected chi connectivity index (χ2v) is 6.60. The highest BCUT2D eigenvalue weighted by Gasteiger charge is 2.31. The lowest BCUT2D eigenvalue weighted by Gasteiger charge is -2.28. The summed E-state index contributed by atoms with van der Waals surface area (Å²) in [5, 5.41) is 2.75. The molecule has 3 N–H and O–H groups in total. The van der Waals surface area contributed by atoms with Gasteiger partial charge >= 0.3 is 0 Å². The van der Waals surface area contributed by atoms with Crippen LogP contribution in [0.4, 0.5) is 13.2 Å². The molecule has 1 aromatic rings. The predicted molar refractivity (Wildman–Crippen MR) is 93.2 cm³/mol. The minimum Gasteiger partial charge on any atom is -0.354 e. The number of nitrogens with one attached hydrogen (secondary N) is 1. The summed E-state index contributed by atoms with van der Waals surface area (Å²) in [7, 11) is 0. The van der Waals surface area contributed by atoms with Crippen molar-refractivity contribution in [1.82, 2.24) is 10.2 Å². The van der Waals surface area contributed by atoms with Gasteiger partial charge in [0.2, 0.25) is 11.8 Å². The van der Waals surface area contributed by atoms with Crippen LogP contribution < -0.4 is 11.1 Å². The van der Waals surface area contributed by atoms with Crippen molar-refractivity contribution in [3.05, 3.63) is 35.1 Å². The van der Waals surface area contributed by atoms with E-state index in [0.29, 0.717) is 19.2 Å². The van der Waals surface area contributed by atoms with Gasteiger partial charge in [-0.15, -0.1) is 12.4 Å². The van der Waals surface area contributed by atoms with E-state index in [0.717, 1.165) is 6.07 Å². The van der Waals surface area contributed by atoms with Crippen LogP contribution in [-0.4, -0.2) is 41.9 Å².